The van der Waals surface area contributed by atoms with Gasteiger partial charge in [0.15, 0.2) is 11.6 Å². The highest BCUT2D eigenvalue weighted by Gasteiger charge is 2.70. The van der Waals surface area contributed by atoms with E-state index in [4.69, 9.17) is 6.57 Å². The zero-order valence-electron chi connectivity index (χ0n) is 27.3. The molecule has 44 heavy (non-hydrogen) atoms. The third kappa shape index (κ3) is 3.47. The Labute approximate surface area is 261 Å². The monoisotopic (exact) mass is 591 g/mol. The Bertz CT molecular complexity index is 1750. The topological polar surface area (TPSA) is 73.4 Å². The number of benzene rings is 1. The first-order valence-corrected chi connectivity index (χ1v) is 16.4. The molecule has 1 aromatic carbocycles. The van der Waals surface area contributed by atoms with Crippen LogP contribution >= 0.6 is 0 Å². The summed E-state index contributed by atoms with van der Waals surface area (Å²) in [6.45, 7) is 23.2. The van der Waals surface area contributed by atoms with Crippen molar-refractivity contribution in [2.45, 2.75) is 93.4 Å². The average molecular weight is 592 g/mol. The summed E-state index contributed by atoms with van der Waals surface area (Å²) in [7, 11) is 0. The van der Waals surface area contributed by atoms with Crippen molar-refractivity contribution in [2.24, 2.45) is 50.2 Å². The number of imidazole rings is 1. The third-order valence-corrected chi connectivity index (χ3v) is 13.9. The van der Waals surface area contributed by atoms with E-state index in [1.54, 1.807) is 10.9 Å². The van der Waals surface area contributed by atoms with Crippen molar-refractivity contribution >= 4 is 28.5 Å². The van der Waals surface area contributed by atoms with Crippen LogP contribution in [0.2, 0.25) is 0 Å². The molecule has 0 radical (unpaired) electrons. The molecule has 0 bridgehead atoms. The maximum absolute atomic E-state index is 14.8. The molecule has 5 aliphatic carbocycles. The maximum atomic E-state index is 14.8. The van der Waals surface area contributed by atoms with Crippen LogP contribution in [0.3, 0.4) is 0 Å². The van der Waals surface area contributed by atoms with E-state index in [1.807, 2.05) is 50.3 Å². The Kier molecular flexibility index (Phi) is 5.94. The summed E-state index contributed by atoms with van der Waals surface area (Å²) in [4.78, 5) is 51.2. The highest BCUT2D eigenvalue weighted by atomic mass is 16.2. The number of ketones is 2. The normalized spacial score (nSPS) is 40.5. The van der Waals surface area contributed by atoms with Crippen LogP contribution in [0, 0.1) is 56.8 Å². The predicted octanol–water partition coefficient (Wildman–Crippen LogP) is 8.25. The van der Waals surface area contributed by atoms with Crippen LogP contribution in [0.15, 0.2) is 54.0 Å². The molecular weight excluding hydrogens is 546 g/mol. The number of carbonyl (C=O) groups excluding carboxylic acids is 3. The highest BCUT2D eigenvalue weighted by Crippen LogP contribution is 2.74. The molecule has 1 heterocycles. The molecule has 0 amide bonds. The van der Waals surface area contributed by atoms with Crippen LogP contribution in [0.5, 0.6) is 0 Å². The first-order chi connectivity index (χ1) is 20.6. The van der Waals surface area contributed by atoms with Crippen LogP contribution in [-0.4, -0.2) is 27.0 Å². The van der Waals surface area contributed by atoms with Crippen LogP contribution in [-0.2, 0) is 9.59 Å². The largest absolute Gasteiger partial charge is 0.307 e. The molecule has 2 aromatic rings. The fraction of sp³-hybridized carbons (Fsp3) is 0.605. The molecule has 0 aliphatic heterocycles. The molecule has 7 rings (SSSR count). The molecule has 3 saturated carbocycles. The molecule has 6 nitrogen and oxygen atoms in total. The van der Waals surface area contributed by atoms with Gasteiger partial charge in [0.25, 0.3) is 0 Å². The van der Waals surface area contributed by atoms with Crippen molar-refractivity contribution in [3.63, 3.8) is 0 Å². The third-order valence-electron chi connectivity index (χ3n) is 13.9. The van der Waals surface area contributed by atoms with Crippen LogP contribution in [0.4, 0.5) is 0 Å². The molecule has 1 aromatic heterocycles. The molecule has 0 spiro atoms. The van der Waals surface area contributed by atoms with Gasteiger partial charge in [-0.05, 0) is 91.2 Å². The number of nitrogens with zero attached hydrogens (tertiary/aromatic N) is 3. The number of Topliss-reactive ketones (excluding diaryl/α,β-unsaturated/α-hetero) is 1. The zero-order chi connectivity index (χ0) is 31.7. The van der Waals surface area contributed by atoms with Gasteiger partial charge in [-0.2, -0.15) is 0 Å². The summed E-state index contributed by atoms with van der Waals surface area (Å²) >= 11 is 0. The minimum absolute atomic E-state index is 0.0210. The number of hydrogen-bond acceptors (Lipinski definition) is 4. The van der Waals surface area contributed by atoms with Crippen molar-refractivity contribution < 1.29 is 14.4 Å². The second-order valence-corrected chi connectivity index (χ2v) is 16.8. The molecule has 6 heteroatoms. The predicted molar refractivity (Wildman–Crippen MR) is 170 cm³/mol. The maximum Gasteiger partial charge on any atom is 0.238 e. The van der Waals surface area contributed by atoms with Gasteiger partial charge in [0.05, 0.1) is 23.0 Å². The molecule has 7 atom stereocenters. The number of rotatable bonds is 1. The lowest BCUT2D eigenvalue weighted by Crippen LogP contribution is -2.66. The number of hydrogen-bond donors (Lipinski definition) is 0. The Hall–Kier alpha value is -3.33. The minimum atomic E-state index is -0.679. The van der Waals surface area contributed by atoms with Crippen molar-refractivity contribution in [1.29, 1.82) is 0 Å². The Morgan fingerprint density at radius 1 is 0.977 bits per heavy atom. The Balaban J connectivity index is 1.39. The second kappa shape index (κ2) is 8.89. The summed E-state index contributed by atoms with van der Waals surface area (Å²) < 4.78 is 1.77. The molecule has 230 valence electrons. The zero-order valence-corrected chi connectivity index (χ0v) is 27.3. The van der Waals surface area contributed by atoms with Crippen molar-refractivity contribution in [3.8, 4) is 0 Å². The first-order valence-electron chi connectivity index (χ1n) is 16.4. The standard InChI is InChI=1S/C38H45N3O3/c1-33(2)15-17-38(32(44)41-22-40-24-11-9-10-12-26(24)41)18-16-37(7)30(23(38)20-33)27(42)19-29-35(5)21-25(39-8)31(43)34(3,4)28(35)13-14-36(29,37)6/h9-12,19,21-23,28,30H,13-18,20H2,1-7H3/t23?,28-,30?,35-,36+,37+,38-/m0/s1. The number of aromatic nitrogens is 2. The van der Waals surface area contributed by atoms with Crippen LogP contribution < -0.4 is 0 Å². The molecule has 3 fully saturated rings. The van der Waals surface area contributed by atoms with Gasteiger partial charge in [0, 0.05) is 16.7 Å². The number of para-hydroxylation sites is 2. The second-order valence-electron chi connectivity index (χ2n) is 16.8. The summed E-state index contributed by atoms with van der Waals surface area (Å²) in [5.41, 5.74) is 0.462. The van der Waals surface area contributed by atoms with Gasteiger partial charge < -0.3 is 4.79 Å². The Morgan fingerprint density at radius 3 is 2.41 bits per heavy atom. The number of fused-ring (bicyclic) bond motifs is 8. The van der Waals surface area contributed by atoms with Gasteiger partial charge in [-0.3, -0.25) is 14.2 Å². The van der Waals surface area contributed by atoms with Gasteiger partial charge in [0.1, 0.15) is 6.33 Å². The van der Waals surface area contributed by atoms with Gasteiger partial charge in [-0.15, -0.1) is 0 Å². The van der Waals surface area contributed by atoms with Crippen molar-refractivity contribution in [2.75, 3.05) is 0 Å². The van der Waals surface area contributed by atoms with E-state index in [9.17, 15) is 14.4 Å². The lowest BCUT2D eigenvalue weighted by molar-refractivity contribution is -0.164. The number of carbonyl (C=O) groups is 3. The van der Waals surface area contributed by atoms with Crippen molar-refractivity contribution in [3.05, 3.63) is 65.4 Å². The molecule has 0 saturated heterocycles. The average Bonchev–Trinajstić information content (AvgIpc) is 3.40. The van der Waals surface area contributed by atoms with E-state index in [0.717, 1.165) is 61.6 Å². The lowest BCUT2D eigenvalue weighted by atomic mass is 9.34. The summed E-state index contributed by atoms with van der Waals surface area (Å²) in [6.07, 6.45) is 11.4. The van der Waals surface area contributed by atoms with Crippen LogP contribution in [0.25, 0.3) is 15.9 Å². The van der Waals surface area contributed by atoms with E-state index in [-0.39, 0.29) is 57.2 Å². The van der Waals surface area contributed by atoms with E-state index >= 15 is 0 Å². The molecule has 5 aliphatic rings. The summed E-state index contributed by atoms with van der Waals surface area (Å²) in [6, 6.07) is 7.81. The quantitative estimate of drug-likeness (QED) is 0.313. The molecular formula is C38H45N3O3. The summed E-state index contributed by atoms with van der Waals surface area (Å²) in [5, 5.41) is 0. The van der Waals surface area contributed by atoms with Gasteiger partial charge in [-0.25, -0.2) is 9.83 Å². The van der Waals surface area contributed by atoms with Gasteiger partial charge >= 0.3 is 0 Å². The smallest absolute Gasteiger partial charge is 0.238 e. The van der Waals surface area contributed by atoms with E-state index < -0.39 is 16.2 Å². The number of allylic oxidation sites excluding steroid dienone is 4. The Morgan fingerprint density at radius 2 is 1.68 bits per heavy atom. The first kappa shape index (κ1) is 29.4. The highest BCUT2D eigenvalue weighted by molar-refractivity contribution is 6.03. The molecule has 0 N–H and O–H groups in total. The SMILES string of the molecule is [C-]#[N+]C1=C[C@]2(C)C3=CC(=O)C4C5CC(C)(C)CC[C@]5(C(=O)n5cnc6ccccc65)CC[C@@]4(C)[C@]3(C)CC[C@H]2C(C)(C)C1=O. The van der Waals surface area contributed by atoms with Gasteiger partial charge in [0.2, 0.25) is 11.6 Å². The fourth-order valence-electron chi connectivity index (χ4n) is 11.3. The fourth-order valence-corrected chi connectivity index (χ4v) is 11.3. The van der Waals surface area contributed by atoms with Crippen LogP contribution in [0.1, 0.15) is 98.2 Å². The molecule has 2 unspecified atom stereocenters. The minimum Gasteiger partial charge on any atom is -0.307 e. The van der Waals surface area contributed by atoms with E-state index in [2.05, 4.69) is 44.4 Å². The summed E-state index contributed by atoms with van der Waals surface area (Å²) in [5.74, 6) is -0.190. The lowest BCUT2D eigenvalue weighted by Gasteiger charge is -2.69. The van der Waals surface area contributed by atoms with Crippen molar-refractivity contribution in [1.82, 2.24) is 9.55 Å². The van der Waals surface area contributed by atoms with E-state index in [0.29, 0.717) is 0 Å². The van der Waals surface area contributed by atoms with Gasteiger partial charge in [-0.1, -0.05) is 72.2 Å². The van der Waals surface area contributed by atoms with E-state index in [1.165, 1.54) is 0 Å².